The van der Waals surface area contributed by atoms with E-state index in [0.29, 0.717) is 10.8 Å². The molecule has 0 saturated carbocycles. The Labute approximate surface area is 121 Å². The number of amides is 2. The third-order valence-corrected chi connectivity index (χ3v) is 2.79. The molecular formula is C12H19N3O4S. The largest absolute Gasteiger partial charge is 0.444 e. The molecule has 3 N–H and O–H groups in total. The molecule has 1 heterocycles. The number of nitrogens with one attached hydrogen (secondary N) is 2. The number of anilines is 1. The summed E-state index contributed by atoms with van der Waals surface area (Å²) in [5.41, 5.74) is -0.0503. The van der Waals surface area contributed by atoms with Gasteiger partial charge in [0, 0.05) is 18.3 Å². The average Bonchev–Trinajstić information content (AvgIpc) is 2.74. The molecule has 7 nitrogen and oxygen atoms in total. The van der Waals surface area contributed by atoms with Gasteiger partial charge in [-0.3, -0.25) is 4.79 Å². The number of aromatic nitrogens is 1. The Bertz CT molecular complexity index is 468. The summed E-state index contributed by atoms with van der Waals surface area (Å²) in [6.45, 7) is 5.31. The lowest BCUT2D eigenvalue weighted by molar-refractivity contribution is -0.116. The minimum Gasteiger partial charge on any atom is -0.444 e. The summed E-state index contributed by atoms with van der Waals surface area (Å²) in [6, 6.07) is 0. The van der Waals surface area contributed by atoms with Gasteiger partial charge in [0.1, 0.15) is 5.60 Å². The highest BCUT2D eigenvalue weighted by Crippen LogP contribution is 2.15. The molecule has 0 atom stereocenters. The van der Waals surface area contributed by atoms with Crippen LogP contribution in [0.4, 0.5) is 9.93 Å². The molecule has 0 aliphatic carbocycles. The smallest absolute Gasteiger partial charge is 0.407 e. The quantitative estimate of drug-likeness (QED) is 0.765. The molecule has 0 aliphatic heterocycles. The topological polar surface area (TPSA) is 101 Å². The molecule has 1 aromatic heterocycles. The van der Waals surface area contributed by atoms with E-state index < -0.39 is 11.7 Å². The maximum atomic E-state index is 11.6. The number of aliphatic hydroxyl groups excluding tert-OH is 1. The lowest BCUT2D eigenvalue weighted by atomic mass is 10.2. The van der Waals surface area contributed by atoms with Crippen molar-refractivity contribution in [3.05, 3.63) is 11.1 Å². The highest BCUT2D eigenvalue weighted by molar-refractivity contribution is 7.13. The van der Waals surface area contributed by atoms with Crippen LogP contribution in [0.5, 0.6) is 0 Å². The first-order valence-corrected chi connectivity index (χ1v) is 7.00. The fourth-order valence-electron chi connectivity index (χ4n) is 1.21. The molecule has 0 radical (unpaired) electrons. The predicted molar refractivity (Wildman–Crippen MR) is 75.5 cm³/mol. The summed E-state index contributed by atoms with van der Waals surface area (Å²) in [4.78, 5) is 26.9. The first-order chi connectivity index (χ1) is 9.30. The van der Waals surface area contributed by atoms with Crippen molar-refractivity contribution in [3.63, 3.8) is 0 Å². The normalized spacial score (nSPS) is 11.0. The number of thiazole rings is 1. The van der Waals surface area contributed by atoms with Crippen molar-refractivity contribution < 1.29 is 19.4 Å². The lowest BCUT2D eigenvalue weighted by Gasteiger charge is -2.19. The molecule has 0 bridgehead atoms. The Balaban J connectivity index is 2.25. The molecule has 0 fully saturated rings. The van der Waals surface area contributed by atoms with Gasteiger partial charge in [-0.1, -0.05) is 0 Å². The number of rotatable bonds is 5. The SMILES string of the molecule is CC(C)(C)OC(=O)NCCC(=O)Nc1nc(CO)cs1. The maximum absolute atomic E-state index is 11.6. The molecule has 1 aromatic rings. The van der Waals surface area contributed by atoms with Crippen molar-refractivity contribution in [2.45, 2.75) is 39.4 Å². The lowest BCUT2D eigenvalue weighted by Crippen LogP contribution is -2.34. The van der Waals surface area contributed by atoms with Gasteiger partial charge in [-0.15, -0.1) is 11.3 Å². The van der Waals surface area contributed by atoms with Crippen LogP contribution >= 0.6 is 11.3 Å². The number of hydrogen-bond donors (Lipinski definition) is 3. The standard InChI is InChI=1S/C12H19N3O4S/c1-12(2,3)19-11(18)13-5-4-9(17)15-10-14-8(6-16)7-20-10/h7,16H,4-6H2,1-3H3,(H,13,18)(H,14,15,17). The Hall–Kier alpha value is -1.67. The van der Waals surface area contributed by atoms with Crippen LogP contribution in [-0.2, 0) is 16.1 Å². The van der Waals surface area contributed by atoms with Crippen LogP contribution in [0, 0.1) is 0 Å². The van der Waals surface area contributed by atoms with E-state index in [2.05, 4.69) is 15.6 Å². The molecule has 0 saturated heterocycles. The molecule has 0 aromatic carbocycles. The molecular weight excluding hydrogens is 282 g/mol. The van der Waals surface area contributed by atoms with Gasteiger partial charge in [0.2, 0.25) is 5.91 Å². The van der Waals surface area contributed by atoms with Crippen LogP contribution in [0.25, 0.3) is 0 Å². The second-order valence-corrected chi connectivity index (χ2v) is 5.89. The van der Waals surface area contributed by atoms with Gasteiger partial charge in [-0.05, 0) is 20.8 Å². The minimum atomic E-state index is -0.562. The van der Waals surface area contributed by atoms with Gasteiger partial charge >= 0.3 is 6.09 Å². The van der Waals surface area contributed by atoms with Gasteiger partial charge in [0.05, 0.1) is 12.3 Å². The summed E-state index contributed by atoms with van der Waals surface area (Å²) in [5.74, 6) is -0.264. The number of carbonyl (C=O) groups excluding carboxylic acids is 2. The van der Waals surface area contributed by atoms with Crippen LogP contribution in [-0.4, -0.2) is 34.2 Å². The van der Waals surface area contributed by atoms with E-state index in [1.54, 1.807) is 26.2 Å². The first-order valence-electron chi connectivity index (χ1n) is 6.12. The van der Waals surface area contributed by atoms with Gasteiger partial charge in [-0.25, -0.2) is 9.78 Å². The summed E-state index contributed by atoms with van der Waals surface area (Å²) >= 11 is 1.23. The van der Waals surface area contributed by atoms with E-state index in [0.717, 1.165) is 0 Å². The van der Waals surface area contributed by atoms with Crippen LogP contribution in [0.15, 0.2) is 5.38 Å². The van der Waals surface area contributed by atoms with E-state index in [-0.39, 0.29) is 25.5 Å². The summed E-state index contributed by atoms with van der Waals surface area (Å²) < 4.78 is 5.04. The average molecular weight is 301 g/mol. The highest BCUT2D eigenvalue weighted by Gasteiger charge is 2.16. The Morgan fingerprint density at radius 3 is 2.70 bits per heavy atom. The van der Waals surface area contributed by atoms with Crippen molar-refractivity contribution in [3.8, 4) is 0 Å². The zero-order valence-electron chi connectivity index (χ0n) is 11.7. The summed E-state index contributed by atoms with van der Waals surface area (Å²) in [6.07, 6.45) is -0.435. The monoisotopic (exact) mass is 301 g/mol. The van der Waals surface area contributed by atoms with E-state index in [9.17, 15) is 9.59 Å². The minimum absolute atomic E-state index is 0.118. The number of alkyl carbamates (subject to hydrolysis) is 1. The second kappa shape index (κ2) is 7.20. The molecule has 2 amide bonds. The molecule has 0 spiro atoms. The van der Waals surface area contributed by atoms with Crippen molar-refractivity contribution >= 4 is 28.5 Å². The van der Waals surface area contributed by atoms with E-state index in [1.807, 2.05) is 0 Å². The molecule has 0 unspecified atom stereocenters. The molecule has 20 heavy (non-hydrogen) atoms. The van der Waals surface area contributed by atoms with Crippen molar-refractivity contribution in [2.75, 3.05) is 11.9 Å². The summed E-state index contributed by atoms with van der Waals surface area (Å²) in [5, 5.41) is 16.0. The van der Waals surface area contributed by atoms with Crippen LogP contribution in [0.2, 0.25) is 0 Å². The Morgan fingerprint density at radius 2 is 2.15 bits per heavy atom. The van der Waals surface area contributed by atoms with E-state index in [1.165, 1.54) is 11.3 Å². The Morgan fingerprint density at radius 1 is 1.45 bits per heavy atom. The fourth-order valence-corrected chi connectivity index (χ4v) is 1.93. The third kappa shape index (κ3) is 6.48. The van der Waals surface area contributed by atoms with Gasteiger partial charge in [0.25, 0.3) is 0 Å². The Kier molecular flexibility index (Phi) is 5.90. The van der Waals surface area contributed by atoms with Crippen LogP contribution in [0.3, 0.4) is 0 Å². The van der Waals surface area contributed by atoms with E-state index in [4.69, 9.17) is 9.84 Å². The zero-order valence-corrected chi connectivity index (χ0v) is 12.5. The van der Waals surface area contributed by atoms with Crippen LogP contribution in [0.1, 0.15) is 32.9 Å². The molecule has 112 valence electrons. The number of hydrogen-bond acceptors (Lipinski definition) is 6. The second-order valence-electron chi connectivity index (χ2n) is 5.03. The van der Waals surface area contributed by atoms with Crippen LogP contribution < -0.4 is 10.6 Å². The number of ether oxygens (including phenoxy) is 1. The maximum Gasteiger partial charge on any atom is 0.407 e. The number of aliphatic hydroxyl groups is 1. The molecule has 1 rings (SSSR count). The van der Waals surface area contributed by atoms with Crippen molar-refractivity contribution in [1.29, 1.82) is 0 Å². The van der Waals surface area contributed by atoms with Gasteiger partial charge in [0.15, 0.2) is 5.13 Å². The summed E-state index contributed by atoms with van der Waals surface area (Å²) in [7, 11) is 0. The van der Waals surface area contributed by atoms with E-state index >= 15 is 0 Å². The van der Waals surface area contributed by atoms with Gasteiger partial charge in [-0.2, -0.15) is 0 Å². The first kappa shape index (κ1) is 16.4. The zero-order chi connectivity index (χ0) is 15.2. The van der Waals surface area contributed by atoms with Crippen molar-refractivity contribution in [2.24, 2.45) is 0 Å². The third-order valence-electron chi connectivity index (χ3n) is 1.98. The predicted octanol–water partition coefficient (Wildman–Crippen LogP) is 1.49. The number of nitrogens with zero attached hydrogens (tertiary/aromatic N) is 1. The fraction of sp³-hybridized carbons (Fsp3) is 0.583. The highest BCUT2D eigenvalue weighted by atomic mass is 32.1. The molecule has 8 heteroatoms. The molecule has 0 aliphatic rings. The van der Waals surface area contributed by atoms with Crippen molar-refractivity contribution in [1.82, 2.24) is 10.3 Å². The number of carbonyl (C=O) groups is 2. The van der Waals surface area contributed by atoms with Gasteiger partial charge < -0.3 is 20.5 Å².